The zero-order chi connectivity index (χ0) is 22.4. The molecule has 3 heterocycles. The molecule has 8 heteroatoms. The minimum atomic E-state index is -0.193. The van der Waals surface area contributed by atoms with Gasteiger partial charge in [0.05, 0.1) is 5.69 Å². The molecule has 1 aliphatic rings. The van der Waals surface area contributed by atoms with E-state index >= 15 is 0 Å². The van der Waals surface area contributed by atoms with Crippen molar-refractivity contribution in [1.29, 1.82) is 0 Å². The molecule has 1 aliphatic heterocycles. The molecule has 0 radical (unpaired) electrons. The molecule has 4 aromatic rings. The highest BCUT2D eigenvalue weighted by molar-refractivity contribution is 6.30. The number of aryl methyl sites for hydroxylation is 2. The Morgan fingerprint density at radius 3 is 2.16 bits per heavy atom. The number of benzene rings is 2. The van der Waals surface area contributed by atoms with E-state index in [2.05, 4.69) is 15.3 Å². The zero-order valence-corrected chi connectivity index (χ0v) is 18.9. The smallest absolute Gasteiger partial charge is 0.252 e. The molecule has 2 aromatic carbocycles. The van der Waals surface area contributed by atoms with Crippen LogP contribution in [0, 0.1) is 13.8 Å². The number of hydrogen-bond donors (Lipinski definition) is 1. The summed E-state index contributed by atoms with van der Waals surface area (Å²) in [5.74, 6) is 0.708. The first-order chi connectivity index (χ1) is 15.4. The van der Waals surface area contributed by atoms with Gasteiger partial charge in [0.15, 0.2) is 0 Å². The Balaban J connectivity index is 1.78. The van der Waals surface area contributed by atoms with Crippen molar-refractivity contribution in [3.8, 4) is 17.2 Å². The molecule has 2 aromatic heterocycles. The lowest BCUT2D eigenvalue weighted by atomic mass is 9.84. The number of carbonyl (C=O) groups excluding carboxylic acids is 1. The van der Waals surface area contributed by atoms with Gasteiger partial charge in [-0.1, -0.05) is 47.5 Å². The number of hydrogen-bond acceptors (Lipinski definition) is 4. The second-order valence-electron chi connectivity index (χ2n) is 7.84. The highest BCUT2D eigenvalue weighted by Crippen LogP contribution is 2.44. The summed E-state index contributed by atoms with van der Waals surface area (Å²) < 4.78 is 1.62. The maximum absolute atomic E-state index is 12.7. The van der Waals surface area contributed by atoms with Gasteiger partial charge in [0.2, 0.25) is 5.91 Å². The van der Waals surface area contributed by atoms with Crippen molar-refractivity contribution in [2.75, 3.05) is 5.32 Å². The zero-order valence-electron chi connectivity index (χ0n) is 17.4. The lowest BCUT2D eigenvalue weighted by Gasteiger charge is -2.24. The van der Waals surface area contributed by atoms with Gasteiger partial charge in [-0.25, -0.2) is 9.97 Å². The molecule has 1 N–H and O–H groups in total. The third-order valence-electron chi connectivity index (χ3n) is 5.47. The van der Waals surface area contributed by atoms with Crippen LogP contribution in [0.3, 0.4) is 0 Å². The second-order valence-corrected chi connectivity index (χ2v) is 8.71. The van der Waals surface area contributed by atoms with Gasteiger partial charge in [0.1, 0.15) is 5.82 Å². The molecule has 160 valence electrons. The first kappa shape index (κ1) is 20.7. The van der Waals surface area contributed by atoms with E-state index in [9.17, 15) is 4.79 Å². The van der Waals surface area contributed by atoms with Crippen LogP contribution in [0.4, 0.5) is 5.82 Å². The van der Waals surface area contributed by atoms with Crippen molar-refractivity contribution in [2.45, 2.75) is 26.2 Å². The minimum absolute atomic E-state index is 0.0920. The summed E-state index contributed by atoms with van der Waals surface area (Å²) in [4.78, 5) is 21.9. The quantitative estimate of drug-likeness (QED) is 0.421. The number of nitrogens with one attached hydrogen (secondary N) is 1. The second kappa shape index (κ2) is 8.04. The van der Waals surface area contributed by atoms with Crippen molar-refractivity contribution in [1.82, 2.24) is 19.7 Å². The molecule has 1 atom stereocenters. The lowest BCUT2D eigenvalue weighted by Crippen LogP contribution is -2.25. The van der Waals surface area contributed by atoms with Gasteiger partial charge in [-0.3, -0.25) is 4.79 Å². The summed E-state index contributed by atoms with van der Waals surface area (Å²) in [6.45, 7) is 3.81. The number of amides is 1. The van der Waals surface area contributed by atoms with Crippen LogP contribution in [-0.2, 0) is 4.79 Å². The summed E-state index contributed by atoms with van der Waals surface area (Å²) in [6, 6.07) is 17.0. The van der Waals surface area contributed by atoms with Gasteiger partial charge in [-0.2, -0.15) is 9.78 Å². The van der Waals surface area contributed by atoms with E-state index in [0.29, 0.717) is 28.2 Å². The number of rotatable bonds is 3. The summed E-state index contributed by atoms with van der Waals surface area (Å²) in [6.07, 6.45) is 0.300. The van der Waals surface area contributed by atoms with E-state index in [-0.39, 0.29) is 11.8 Å². The van der Waals surface area contributed by atoms with Crippen LogP contribution >= 0.6 is 23.2 Å². The molecular weight excluding hydrogens is 445 g/mol. The maximum atomic E-state index is 12.7. The van der Waals surface area contributed by atoms with Crippen LogP contribution in [0.2, 0.25) is 10.0 Å². The predicted molar refractivity (Wildman–Crippen MR) is 126 cm³/mol. The van der Waals surface area contributed by atoms with E-state index in [1.54, 1.807) is 4.68 Å². The van der Waals surface area contributed by atoms with Crippen molar-refractivity contribution < 1.29 is 4.79 Å². The fourth-order valence-electron chi connectivity index (χ4n) is 4.10. The topological polar surface area (TPSA) is 72.7 Å². The fourth-order valence-corrected chi connectivity index (χ4v) is 4.35. The monoisotopic (exact) mass is 463 g/mol. The van der Waals surface area contributed by atoms with Gasteiger partial charge in [0.25, 0.3) is 5.95 Å². The molecule has 0 fully saturated rings. The van der Waals surface area contributed by atoms with Gasteiger partial charge in [-0.05, 0) is 49.7 Å². The molecule has 1 amide bonds. The summed E-state index contributed by atoms with van der Waals surface area (Å²) in [5.41, 5.74) is 5.18. The highest BCUT2D eigenvalue weighted by atomic mass is 35.5. The first-order valence-electron chi connectivity index (χ1n) is 10.2. The highest BCUT2D eigenvalue weighted by Gasteiger charge is 2.35. The molecule has 6 nitrogen and oxygen atoms in total. The van der Waals surface area contributed by atoms with E-state index in [1.165, 1.54) is 0 Å². The normalized spacial score (nSPS) is 15.4. The Morgan fingerprint density at radius 1 is 0.938 bits per heavy atom. The number of anilines is 1. The van der Waals surface area contributed by atoms with E-state index < -0.39 is 0 Å². The lowest BCUT2D eigenvalue weighted by molar-refractivity contribution is -0.116. The fraction of sp³-hybridized carbons (Fsp3) is 0.167. The molecule has 0 saturated carbocycles. The molecular formula is C24H19Cl2N5O. The standard InChI is InChI=1S/C24H19Cl2N5O/c1-13-11-14(2)28-24(27-13)31-23-21(22(30-31)16-5-9-18(26)10-6-16)19(12-20(32)29-23)15-3-7-17(25)8-4-15/h3-11,19H,12H2,1-2H3,(H,29,32). The van der Waals surface area contributed by atoms with Gasteiger partial charge >= 0.3 is 0 Å². The molecule has 32 heavy (non-hydrogen) atoms. The average Bonchev–Trinajstić information content (AvgIpc) is 3.13. The summed E-state index contributed by atoms with van der Waals surface area (Å²) >= 11 is 12.2. The van der Waals surface area contributed by atoms with Crippen molar-refractivity contribution >= 4 is 34.9 Å². The number of nitrogens with zero attached hydrogens (tertiary/aromatic N) is 4. The Hall–Kier alpha value is -3.22. The summed E-state index contributed by atoms with van der Waals surface area (Å²) in [5, 5.41) is 9.17. The first-order valence-corrected chi connectivity index (χ1v) is 10.9. The Bertz CT molecular complexity index is 1310. The molecule has 0 spiro atoms. The van der Waals surface area contributed by atoms with Crippen LogP contribution in [0.5, 0.6) is 0 Å². The predicted octanol–water partition coefficient (Wildman–Crippen LogP) is 5.73. The maximum Gasteiger partial charge on any atom is 0.252 e. The van der Waals surface area contributed by atoms with Crippen LogP contribution in [0.15, 0.2) is 54.6 Å². The Kier molecular flexibility index (Phi) is 5.19. The van der Waals surface area contributed by atoms with E-state index in [4.69, 9.17) is 28.3 Å². The largest absolute Gasteiger partial charge is 0.310 e. The van der Waals surface area contributed by atoms with Crippen molar-refractivity contribution in [3.63, 3.8) is 0 Å². The average molecular weight is 464 g/mol. The van der Waals surface area contributed by atoms with Crippen LogP contribution < -0.4 is 5.32 Å². The number of halogens is 2. The van der Waals surface area contributed by atoms with E-state index in [1.807, 2.05) is 68.4 Å². The van der Waals surface area contributed by atoms with Crippen LogP contribution in [0.1, 0.15) is 34.9 Å². The van der Waals surface area contributed by atoms with Crippen molar-refractivity contribution in [2.24, 2.45) is 0 Å². The SMILES string of the molecule is Cc1cc(C)nc(-n2nc(-c3ccc(Cl)cc3)c3c2NC(=O)CC3c2ccc(Cl)cc2)n1. The van der Waals surface area contributed by atoms with E-state index in [0.717, 1.165) is 33.8 Å². The third-order valence-corrected chi connectivity index (χ3v) is 5.97. The third kappa shape index (κ3) is 3.76. The molecule has 0 bridgehead atoms. The Labute approximate surface area is 195 Å². The van der Waals surface area contributed by atoms with Gasteiger partial charge in [-0.15, -0.1) is 0 Å². The van der Waals surface area contributed by atoms with Crippen LogP contribution in [-0.4, -0.2) is 25.7 Å². The molecule has 0 saturated heterocycles. The summed E-state index contributed by atoms with van der Waals surface area (Å²) in [7, 11) is 0. The molecule has 5 rings (SSSR count). The number of aromatic nitrogens is 4. The molecule has 1 unspecified atom stereocenters. The van der Waals surface area contributed by atoms with Gasteiger partial charge in [0, 0.05) is 44.9 Å². The van der Waals surface area contributed by atoms with Crippen molar-refractivity contribution in [3.05, 3.63) is 87.2 Å². The number of fused-ring (bicyclic) bond motifs is 1. The minimum Gasteiger partial charge on any atom is -0.310 e. The van der Waals surface area contributed by atoms with Gasteiger partial charge < -0.3 is 5.32 Å². The Morgan fingerprint density at radius 2 is 1.53 bits per heavy atom. The number of carbonyl (C=O) groups is 1. The van der Waals surface area contributed by atoms with Crippen LogP contribution in [0.25, 0.3) is 17.2 Å². The molecule has 0 aliphatic carbocycles.